The van der Waals surface area contributed by atoms with Crippen LogP contribution in [-0.2, 0) is 10.2 Å². The second kappa shape index (κ2) is 11.7. The highest BCUT2D eigenvalue weighted by Crippen LogP contribution is 2.35. The first-order chi connectivity index (χ1) is 18.2. The van der Waals surface area contributed by atoms with Crippen LogP contribution in [0.2, 0.25) is 0 Å². The third kappa shape index (κ3) is 6.36. The van der Waals surface area contributed by atoms with Crippen molar-refractivity contribution in [2.75, 3.05) is 23.5 Å². The highest BCUT2D eigenvalue weighted by atomic mass is 32.2. The van der Waals surface area contributed by atoms with Gasteiger partial charge in [0, 0.05) is 5.69 Å². The van der Waals surface area contributed by atoms with E-state index in [-0.39, 0.29) is 17.1 Å². The van der Waals surface area contributed by atoms with E-state index in [1.807, 2.05) is 73.7 Å². The van der Waals surface area contributed by atoms with Gasteiger partial charge >= 0.3 is 0 Å². The van der Waals surface area contributed by atoms with Crippen molar-refractivity contribution in [1.82, 2.24) is 4.98 Å². The molecule has 1 amide bonds. The topological polar surface area (TPSA) is 87.0 Å². The minimum absolute atomic E-state index is 0.0766. The smallest absolute Gasteiger partial charge is 0.234 e. The number of aromatic nitrogens is 1. The van der Waals surface area contributed by atoms with E-state index < -0.39 is 0 Å². The molecule has 0 saturated carbocycles. The lowest BCUT2D eigenvalue weighted by molar-refractivity contribution is -0.113. The fourth-order valence-corrected chi connectivity index (χ4v) is 5.63. The zero-order chi connectivity index (χ0) is 27.3. The second-order valence-electron chi connectivity index (χ2n) is 9.74. The molecule has 1 aromatic heterocycles. The molecule has 0 aliphatic rings. The number of aryl methyl sites for hydroxylation is 1. The van der Waals surface area contributed by atoms with Gasteiger partial charge in [0.1, 0.15) is 22.4 Å². The van der Waals surface area contributed by atoms with E-state index in [0.717, 1.165) is 27.0 Å². The van der Waals surface area contributed by atoms with E-state index in [0.29, 0.717) is 27.0 Å². The fourth-order valence-electron chi connectivity index (χ4n) is 3.78. The molecule has 3 aromatic carbocycles. The molecule has 2 N–H and O–H groups in total. The molecule has 38 heavy (non-hydrogen) atoms. The van der Waals surface area contributed by atoms with Crippen molar-refractivity contribution in [2.24, 2.45) is 0 Å². The fraction of sp³-hybridized carbons (Fsp3) is 0.233. The number of thioether (sulfide) groups is 1. The van der Waals surface area contributed by atoms with Crippen molar-refractivity contribution in [3.05, 3.63) is 87.9 Å². The Morgan fingerprint density at radius 3 is 2.47 bits per heavy atom. The number of carbonyl (C=O) groups excluding carboxylic acids is 1. The van der Waals surface area contributed by atoms with Crippen LogP contribution in [0.25, 0.3) is 15.8 Å². The van der Waals surface area contributed by atoms with E-state index in [2.05, 4.69) is 42.5 Å². The minimum Gasteiger partial charge on any atom is -0.495 e. The number of carbonyl (C=O) groups is 1. The number of nitrogens with one attached hydrogen (secondary N) is 2. The van der Waals surface area contributed by atoms with Crippen molar-refractivity contribution >= 4 is 56.2 Å². The third-order valence-electron chi connectivity index (χ3n) is 5.93. The van der Waals surface area contributed by atoms with E-state index >= 15 is 0 Å². The van der Waals surface area contributed by atoms with E-state index in [9.17, 15) is 10.1 Å². The standard InChI is InChI=1S/C30H30N4O2S2/c1-19-10-6-7-11-22(19)33-28(21(17-31)29-34-23-12-8-9-13-26(23)38-29)37-18-27(35)32-24-16-20(30(2,3)4)14-15-25(24)36-5/h6-16,33H,18H2,1-5H3,(H,32,35). The third-order valence-corrected chi connectivity index (χ3v) is 7.98. The van der Waals surface area contributed by atoms with Gasteiger partial charge in [0.05, 0.1) is 33.8 Å². The molecule has 194 valence electrons. The lowest BCUT2D eigenvalue weighted by atomic mass is 9.87. The van der Waals surface area contributed by atoms with Gasteiger partial charge in [0.25, 0.3) is 0 Å². The van der Waals surface area contributed by atoms with E-state index in [4.69, 9.17) is 4.74 Å². The summed E-state index contributed by atoms with van der Waals surface area (Å²) in [6, 6.07) is 23.8. The predicted octanol–water partition coefficient (Wildman–Crippen LogP) is 7.59. The maximum Gasteiger partial charge on any atom is 0.234 e. The normalized spacial score (nSPS) is 12.0. The highest BCUT2D eigenvalue weighted by Gasteiger charge is 2.19. The largest absolute Gasteiger partial charge is 0.495 e. The number of rotatable bonds is 8. The monoisotopic (exact) mass is 542 g/mol. The molecule has 0 unspecified atom stereocenters. The van der Waals surface area contributed by atoms with Gasteiger partial charge in [-0.2, -0.15) is 5.26 Å². The number of ether oxygens (including phenoxy) is 1. The van der Waals surface area contributed by atoms with E-state index in [1.165, 1.54) is 23.1 Å². The first-order valence-electron chi connectivity index (χ1n) is 12.1. The second-order valence-corrected chi connectivity index (χ2v) is 11.8. The molecule has 4 rings (SSSR count). The summed E-state index contributed by atoms with van der Waals surface area (Å²) in [5.74, 6) is 0.482. The highest BCUT2D eigenvalue weighted by molar-refractivity contribution is 8.04. The van der Waals surface area contributed by atoms with Crippen LogP contribution in [0, 0.1) is 18.3 Å². The van der Waals surface area contributed by atoms with Gasteiger partial charge in [-0.3, -0.25) is 4.79 Å². The van der Waals surface area contributed by atoms with Gasteiger partial charge in [-0.15, -0.1) is 11.3 Å². The first kappa shape index (κ1) is 27.2. The maximum atomic E-state index is 13.1. The number of nitriles is 1. The Kier molecular flexibility index (Phi) is 8.40. The summed E-state index contributed by atoms with van der Waals surface area (Å²) in [5, 5.41) is 17.8. The quantitative estimate of drug-likeness (QED) is 0.223. The molecule has 6 nitrogen and oxygen atoms in total. The Morgan fingerprint density at radius 2 is 1.79 bits per heavy atom. The Morgan fingerprint density at radius 1 is 1.05 bits per heavy atom. The number of methoxy groups -OCH3 is 1. The number of para-hydroxylation sites is 2. The van der Waals surface area contributed by atoms with Crippen LogP contribution >= 0.6 is 23.1 Å². The molecule has 8 heteroatoms. The summed E-state index contributed by atoms with van der Waals surface area (Å²) in [4.78, 5) is 17.8. The van der Waals surface area contributed by atoms with Crippen molar-refractivity contribution in [1.29, 1.82) is 5.26 Å². The molecule has 0 atom stereocenters. The van der Waals surface area contributed by atoms with Gasteiger partial charge in [-0.25, -0.2) is 4.98 Å². The molecule has 0 bridgehead atoms. The number of nitrogens with zero attached hydrogens (tertiary/aromatic N) is 2. The molecular formula is C30H30N4O2S2. The van der Waals surface area contributed by atoms with Crippen LogP contribution in [0.4, 0.5) is 11.4 Å². The number of anilines is 2. The molecular weight excluding hydrogens is 512 g/mol. The van der Waals surface area contributed by atoms with Gasteiger partial charge in [-0.05, 0) is 53.8 Å². The van der Waals surface area contributed by atoms with Crippen LogP contribution in [0.15, 0.2) is 71.8 Å². The van der Waals surface area contributed by atoms with Crippen molar-refractivity contribution in [3.63, 3.8) is 0 Å². The number of thiazole rings is 1. The Labute approximate surface area is 231 Å². The molecule has 4 aromatic rings. The number of hydrogen-bond donors (Lipinski definition) is 2. The van der Waals surface area contributed by atoms with Gasteiger partial charge in [0.15, 0.2) is 0 Å². The zero-order valence-electron chi connectivity index (χ0n) is 22.1. The molecule has 0 spiro atoms. The molecule has 0 aliphatic heterocycles. The average Bonchev–Trinajstić information content (AvgIpc) is 3.32. The summed E-state index contributed by atoms with van der Waals surface area (Å²) in [5.41, 5.74) is 4.76. The summed E-state index contributed by atoms with van der Waals surface area (Å²) in [6.07, 6.45) is 0. The van der Waals surface area contributed by atoms with E-state index in [1.54, 1.807) is 7.11 Å². The molecule has 1 heterocycles. The van der Waals surface area contributed by atoms with Crippen molar-refractivity contribution < 1.29 is 9.53 Å². The zero-order valence-corrected chi connectivity index (χ0v) is 23.7. The Balaban J connectivity index is 1.64. The number of benzene rings is 3. The Bertz CT molecular complexity index is 1510. The first-order valence-corrected chi connectivity index (χ1v) is 13.9. The summed E-state index contributed by atoms with van der Waals surface area (Å²) >= 11 is 2.73. The maximum absolute atomic E-state index is 13.1. The molecule has 0 aliphatic carbocycles. The lowest BCUT2D eigenvalue weighted by Gasteiger charge is -2.21. The molecule has 0 fully saturated rings. The lowest BCUT2D eigenvalue weighted by Crippen LogP contribution is -2.17. The van der Waals surface area contributed by atoms with Crippen LogP contribution in [-0.4, -0.2) is 23.8 Å². The summed E-state index contributed by atoms with van der Waals surface area (Å²) in [7, 11) is 1.58. The van der Waals surface area contributed by atoms with Crippen molar-refractivity contribution in [3.8, 4) is 11.8 Å². The molecule has 0 saturated heterocycles. The average molecular weight is 543 g/mol. The SMILES string of the molecule is COc1ccc(C(C)(C)C)cc1NC(=O)CSC(Nc1ccccc1C)=C(C#N)c1nc2ccccc2s1. The van der Waals surface area contributed by atoms with Gasteiger partial charge in [-0.1, -0.05) is 68.9 Å². The van der Waals surface area contributed by atoms with Crippen LogP contribution in [0.1, 0.15) is 36.9 Å². The summed E-state index contributed by atoms with van der Waals surface area (Å²) in [6.45, 7) is 8.36. The number of allylic oxidation sites excluding steroid dienone is 1. The van der Waals surface area contributed by atoms with Crippen LogP contribution in [0.5, 0.6) is 5.75 Å². The minimum atomic E-state index is -0.204. The number of amides is 1. The molecule has 0 radical (unpaired) electrons. The Hall–Kier alpha value is -3.80. The van der Waals surface area contributed by atoms with Gasteiger partial charge < -0.3 is 15.4 Å². The predicted molar refractivity (Wildman–Crippen MR) is 160 cm³/mol. The number of fused-ring (bicyclic) bond motifs is 1. The number of hydrogen-bond acceptors (Lipinski definition) is 7. The van der Waals surface area contributed by atoms with Crippen molar-refractivity contribution in [2.45, 2.75) is 33.1 Å². The van der Waals surface area contributed by atoms with Crippen LogP contribution in [0.3, 0.4) is 0 Å². The summed E-state index contributed by atoms with van der Waals surface area (Å²) < 4.78 is 6.48. The van der Waals surface area contributed by atoms with Gasteiger partial charge in [0.2, 0.25) is 5.91 Å². The van der Waals surface area contributed by atoms with Crippen LogP contribution < -0.4 is 15.4 Å².